The van der Waals surface area contributed by atoms with E-state index in [0.29, 0.717) is 13.1 Å². The highest BCUT2D eigenvalue weighted by Gasteiger charge is 2.16. The van der Waals surface area contributed by atoms with Gasteiger partial charge in [0.1, 0.15) is 5.60 Å². The Hall–Kier alpha value is -1.56. The third-order valence-corrected chi connectivity index (χ3v) is 2.15. The highest BCUT2D eigenvalue weighted by Crippen LogP contribution is 2.06. The lowest BCUT2D eigenvalue weighted by atomic mass is 10.2. The molecule has 0 bridgehead atoms. The van der Waals surface area contributed by atoms with Gasteiger partial charge in [-0.1, -0.05) is 0 Å². The Bertz CT molecular complexity index is 357. The Kier molecular flexibility index (Phi) is 5.15. The number of rotatable bonds is 5. The van der Waals surface area contributed by atoms with E-state index in [0.717, 1.165) is 5.69 Å². The summed E-state index contributed by atoms with van der Waals surface area (Å²) in [6.45, 7) is 8.72. The molecule has 6 nitrogen and oxygen atoms in total. The molecule has 1 unspecified atom stereocenters. The van der Waals surface area contributed by atoms with Gasteiger partial charge >= 0.3 is 6.09 Å². The molecule has 0 aliphatic carbocycles. The van der Waals surface area contributed by atoms with Crippen LogP contribution < -0.4 is 10.6 Å². The number of alkyl carbamates (subject to hydrolysis) is 1. The second-order valence-corrected chi connectivity index (χ2v) is 5.25. The fraction of sp³-hybridized carbons (Fsp3) is 0.667. The van der Waals surface area contributed by atoms with Crippen LogP contribution in [0.4, 0.5) is 4.79 Å². The summed E-state index contributed by atoms with van der Waals surface area (Å²) in [7, 11) is 0. The maximum Gasteiger partial charge on any atom is 0.407 e. The number of aromatic nitrogens is 2. The van der Waals surface area contributed by atoms with Gasteiger partial charge in [0, 0.05) is 31.0 Å². The van der Waals surface area contributed by atoms with Gasteiger partial charge in [-0.3, -0.25) is 5.10 Å². The summed E-state index contributed by atoms with van der Waals surface area (Å²) in [5.41, 5.74) is 0.551. The lowest BCUT2D eigenvalue weighted by molar-refractivity contribution is 0.0523. The maximum atomic E-state index is 11.4. The van der Waals surface area contributed by atoms with Crippen LogP contribution >= 0.6 is 0 Å². The number of nitrogens with zero attached hydrogens (tertiary/aromatic N) is 1. The quantitative estimate of drug-likeness (QED) is 0.742. The molecule has 0 aliphatic heterocycles. The summed E-state index contributed by atoms with van der Waals surface area (Å²) in [5.74, 6) is 0. The highest BCUT2D eigenvalue weighted by atomic mass is 16.6. The van der Waals surface area contributed by atoms with Crippen molar-refractivity contribution in [3.8, 4) is 0 Å². The standard InChI is InChI=1S/C12H22N4O2/c1-9(13-8-10-5-6-15-16-10)7-14-11(17)18-12(2,3)4/h5-6,9,13H,7-8H2,1-4H3,(H,14,17)(H,15,16). The molecule has 1 rings (SSSR count). The van der Waals surface area contributed by atoms with Crippen LogP contribution in [0.15, 0.2) is 12.3 Å². The van der Waals surface area contributed by atoms with Crippen LogP contribution in [0.1, 0.15) is 33.4 Å². The second kappa shape index (κ2) is 6.39. The van der Waals surface area contributed by atoms with Crippen LogP contribution in [0.25, 0.3) is 0 Å². The molecule has 18 heavy (non-hydrogen) atoms. The molecule has 3 N–H and O–H groups in total. The SMILES string of the molecule is CC(CNC(=O)OC(C)(C)C)NCc1ccn[nH]1. The van der Waals surface area contributed by atoms with Crippen LogP contribution in [0.2, 0.25) is 0 Å². The molecule has 0 radical (unpaired) electrons. The van der Waals surface area contributed by atoms with E-state index in [1.807, 2.05) is 33.8 Å². The topological polar surface area (TPSA) is 79.0 Å². The molecule has 1 heterocycles. The molecule has 1 aromatic heterocycles. The number of amides is 1. The van der Waals surface area contributed by atoms with E-state index in [1.165, 1.54) is 0 Å². The first-order valence-electron chi connectivity index (χ1n) is 6.05. The lowest BCUT2D eigenvalue weighted by Crippen LogP contribution is -2.41. The fourth-order valence-electron chi connectivity index (χ4n) is 1.29. The molecule has 1 amide bonds. The third kappa shape index (κ3) is 6.24. The van der Waals surface area contributed by atoms with Crippen molar-refractivity contribution in [1.82, 2.24) is 20.8 Å². The molecule has 0 aromatic carbocycles. The van der Waals surface area contributed by atoms with Gasteiger partial charge in [-0.25, -0.2) is 4.79 Å². The monoisotopic (exact) mass is 254 g/mol. The van der Waals surface area contributed by atoms with Crippen LogP contribution in [-0.4, -0.2) is 34.5 Å². The maximum absolute atomic E-state index is 11.4. The summed E-state index contributed by atoms with van der Waals surface area (Å²) in [5, 5.41) is 12.7. The zero-order valence-corrected chi connectivity index (χ0v) is 11.4. The zero-order chi connectivity index (χ0) is 13.6. The number of nitrogens with one attached hydrogen (secondary N) is 3. The van der Waals surface area contributed by atoms with E-state index in [1.54, 1.807) is 6.20 Å². The van der Waals surface area contributed by atoms with Crippen LogP contribution in [0, 0.1) is 0 Å². The van der Waals surface area contributed by atoms with Gasteiger partial charge in [-0.15, -0.1) is 0 Å². The molecule has 0 saturated carbocycles. The smallest absolute Gasteiger partial charge is 0.407 e. The van der Waals surface area contributed by atoms with Crippen molar-refractivity contribution in [2.45, 2.75) is 45.9 Å². The molecular weight excluding hydrogens is 232 g/mol. The molecule has 1 aromatic rings. The minimum atomic E-state index is -0.462. The van der Waals surface area contributed by atoms with Crippen molar-refractivity contribution in [2.75, 3.05) is 6.54 Å². The molecule has 0 spiro atoms. The molecular formula is C12H22N4O2. The van der Waals surface area contributed by atoms with Gasteiger partial charge in [0.25, 0.3) is 0 Å². The summed E-state index contributed by atoms with van der Waals surface area (Å²) in [6.07, 6.45) is 1.32. The number of aromatic amines is 1. The number of hydrogen-bond acceptors (Lipinski definition) is 4. The van der Waals surface area contributed by atoms with E-state index in [2.05, 4.69) is 20.8 Å². The summed E-state index contributed by atoms with van der Waals surface area (Å²) < 4.78 is 5.14. The largest absolute Gasteiger partial charge is 0.444 e. The van der Waals surface area contributed by atoms with Gasteiger partial charge in [-0.2, -0.15) is 5.10 Å². The average molecular weight is 254 g/mol. The molecule has 6 heteroatoms. The Balaban J connectivity index is 2.17. The number of carbonyl (C=O) groups excluding carboxylic acids is 1. The average Bonchev–Trinajstić information content (AvgIpc) is 2.74. The number of carbonyl (C=O) groups is 1. The normalized spacial score (nSPS) is 13.1. The van der Waals surface area contributed by atoms with Gasteiger partial charge in [0.15, 0.2) is 0 Å². The Morgan fingerprint density at radius 2 is 2.28 bits per heavy atom. The number of H-pyrrole nitrogens is 1. The predicted molar refractivity (Wildman–Crippen MR) is 69.1 cm³/mol. The van der Waals surface area contributed by atoms with E-state index >= 15 is 0 Å². The van der Waals surface area contributed by atoms with Crippen LogP contribution in [0.5, 0.6) is 0 Å². The molecule has 1 atom stereocenters. The second-order valence-electron chi connectivity index (χ2n) is 5.25. The minimum Gasteiger partial charge on any atom is -0.444 e. The fourth-order valence-corrected chi connectivity index (χ4v) is 1.29. The molecule has 0 fully saturated rings. The number of ether oxygens (including phenoxy) is 1. The van der Waals surface area contributed by atoms with Crippen molar-refractivity contribution >= 4 is 6.09 Å². The van der Waals surface area contributed by atoms with Crippen molar-refractivity contribution in [3.05, 3.63) is 18.0 Å². The van der Waals surface area contributed by atoms with Crippen molar-refractivity contribution < 1.29 is 9.53 Å². The predicted octanol–water partition coefficient (Wildman–Crippen LogP) is 1.41. The van der Waals surface area contributed by atoms with Crippen molar-refractivity contribution in [1.29, 1.82) is 0 Å². The first-order chi connectivity index (χ1) is 8.37. The minimum absolute atomic E-state index is 0.154. The van der Waals surface area contributed by atoms with E-state index in [-0.39, 0.29) is 6.04 Å². The highest BCUT2D eigenvalue weighted by molar-refractivity contribution is 5.67. The summed E-state index contributed by atoms with van der Waals surface area (Å²) >= 11 is 0. The zero-order valence-electron chi connectivity index (χ0n) is 11.4. The molecule has 0 aliphatic rings. The Labute approximate surface area is 107 Å². The first-order valence-corrected chi connectivity index (χ1v) is 6.05. The van der Waals surface area contributed by atoms with E-state index in [9.17, 15) is 4.79 Å². The van der Waals surface area contributed by atoms with Crippen molar-refractivity contribution in [2.24, 2.45) is 0 Å². The van der Waals surface area contributed by atoms with E-state index < -0.39 is 11.7 Å². The first kappa shape index (κ1) is 14.5. The van der Waals surface area contributed by atoms with Gasteiger partial charge < -0.3 is 15.4 Å². The van der Waals surface area contributed by atoms with Gasteiger partial charge in [0.05, 0.1) is 0 Å². The Morgan fingerprint density at radius 3 is 2.83 bits per heavy atom. The van der Waals surface area contributed by atoms with Crippen LogP contribution in [0.3, 0.4) is 0 Å². The number of hydrogen-bond donors (Lipinski definition) is 3. The van der Waals surface area contributed by atoms with Gasteiger partial charge in [-0.05, 0) is 33.8 Å². The third-order valence-electron chi connectivity index (χ3n) is 2.15. The van der Waals surface area contributed by atoms with Crippen LogP contribution in [-0.2, 0) is 11.3 Å². The summed E-state index contributed by atoms with van der Waals surface area (Å²) in [4.78, 5) is 11.4. The van der Waals surface area contributed by atoms with E-state index in [4.69, 9.17) is 4.74 Å². The van der Waals surface area contributed by atoms with Crippen molar-refractivity contribution in [3.63, 3.8) is 0 Å². The lowest BCUT2D eigenvalue weighted by Gasteiger charge is -2.21. The van der Waals surface area contributed by atoms with Gasteiger partial charge in [0.2, 0.25) is 0 Å². The Morgan fingerprint density at radius 1 is 1.56 bits per heavy atom. The molecule has 102 valence electrons. The molecule has 0 saturated heterocycles. The summed E-state index contributed by atoms with van der Waals surface area (Å²) in [6, 6.07) is 2.06.